The lowest BCUT2D eigenvalue weighted by molar-refractivity contribution is -0.122. The molecule has 0 bridgehead atoms. The number of urea groups is 1. The first-order chi connectivity index (χ1) is 16.5. The Morgan fingerprint density at radius 3 is 2.50 bits per heavy atom. The number of carbonyl (C=O) groups excluding carboxylic acids is 2. The third-order valence-corrected chi connectivity index (χ3v) is 6.00. The van der Waals surface area contributed by atoms with Gasteiger partial charge < -0.3 is 29.4 Å². The molecule has 2 N–H and O–H groups in total. The summed E-state index contributed by atoms with van der Waals surface area (Å²) in [5.74, 6) is 1.63. The van der Waals surface area contributed by atoms with Crippen LogP contribution in [0.3, 0.4) is 0 Å². The topological polar surface area (TPSA) is 93.0 Å². The average Bonchev–Trinajstić information content (AvgIpc) is 3.39. The fourth-order valence-corrected chi connectivity index (χ4v) is 4.23. The number of benzene rings is 2. The molecule has 178 valence electrons. The summed E-state index contributed by atoms with van der Waals surface area (Å²) in [7, 11) is 3.21. The smallest absolute Gasteiger partial charge is 0.318 e. The number of nitrogens with one attached hydrogen (secondary N) is 2. The summed E-state index contributed by atoms with van der Waals surface area (Å²) in [6.07, 6.45) is 2.21. The number of hydrogen-bond acceptors (Lipinski definition) is 5. The molecule has 3 aromatic rings. The highest BCUT2D eigenvalue weighted by atomic mass is 16.5. The first-order valence-corrected chi connectivity index (χ1v) is 11.2. The maximum Gasteiger partial charge on any atom is 0.318 e. The highest BCUT2D eigenvalue weighted by molar-refractivity contribution is 5.87. The quantitative estimate of drug-likeness (QED) is 0.558. The fourth-order valence-electron chi connectivity index (χ4n) is 4.23. The first-order valence-electron chi connectivity index (χ1n) is 11.2. The van der Waals surface area contributed by atoms with Crippen molar-refractivity contribution in [2.75, 3.05) is 20.8 Å². The van der Waals surface area contributed by atoms with Crippen molar-refractivity contribution >= 4 is 11.9 Å². The highest BCUT2D eigenvalue weighted by Crippen LogP contribution is 2.41. The van der Waals surface area contributed by atoms with Crippen LogP contribution in [-0.4, -0.2) is 43.6 Å². The molecule has 0 fully saturated rings. The Hall–Kier alpha value is -3.94. The van der Waals surface area contributed by atoms with Gasteiger partial charge in [0.05, 0.1) is 33.1 Å². The predicted molar refractivity (Wildman–Crippen MR) is 127 cm³/mol. The van der Waals surface area contributed by atoms with Crippen LogP contribution in [0.4, 0.5) is 4.79 Å². The van der Waals surface area contributed by atoms with E-state index < -0.39 is 6.04 Å². The molecule has 1 aliphatic rings. The minimum absolute atomic E-state index is 0.261. The summed E-state index contributed by atoms with van der Waals surface area (Å²) in [5, 5.41) is 5.63. The largest absolute Gasteiger partial charge is 0.493 e. The van der Waals surface area contributed by atoms with Gasteiger partial charge in [0.2, 0.25) is 5.91 Å². The van der Waals surface area contributed by atoms with E-state index in [0.29, 0.717) is 30.2 Å². The number of rotatable bonds is 7. The normalized spacial score (nSPS) is 15.7. The monoisotopic (exact) mass is 463 g/mol. The summed E-state index contributed by atoms with van der Waals surface area (Å²) in [6, 6.07) is 15.9. The summed E-state index contributed by atoms with van der Waals surface area (Å²) >= 11 is 0. The second-order valence-corrected chi connectivity index (χ2v) is 8.13. The first kappa shape index (κ1) is 23.2. The average molecular weight is 464 g/mol. The van der Waals surface area contributed by atoms with Gasteiger partial charge in [-0.3, -0.25) is 4.79 Å². The lowest BCUT2D eigenvalue weighted by Gasteiger charge is -2.38. The molecule has 2 heterocycles. The number of furan rings is 1. The Morgan fingerprint density at radius 1 is 1.09 bits per heavy atom. The summed E-state index contributed by atoms with van der Waals surface area (Å²) in [5.41, 5.74) is 3.04. The van der Waals surface area contributed by atoms with Gasteiger partial charge in [-0.1, -0.05) is 30.3 Å². The van der Waals surface area contributed by atoms with E-state index in [1.165, 1.54) is 0 Å². The number of ether oxygens (including phenoxy) is 2. The van der Waals surface area contributed by atoms with Crippen molar-refractivity contribution in [2.45, 2.75) is 32.0 Å². The lowest BCUT2D eigenvalue weighted by Crippen LogP contribution is -2.52. The van der Waals surface area contributed by atoms with Crippen molar-refractivity contribution in [1.29, 1.82) is 0 Å². The van der Waals surface area contributed by atoms with Gasteiger partial charge in [-0.05, 0) is 54.3 Å². The third-order valence-electron chi connectivity index (χ3n) is 6.00. The van der Waals surface area contributed by atoms with E-state index in [4.69, 9.17) is 13.9 Å². The molecular formula is C26H29N3O5. The van der Waals surface area contributed by atoms with Gasteiger partial charge in [0.15, 0.2) is 11.5 Å². The van der Waals surface area contributed by atoms with E-state index in [9.17, 15) is 9.59 Å². The van der Waals surface area contributed by atoms with Gasteiger partial charge >= 0.3 is 6.03 Å². The minimum atomic E-state index is -0.717. The molecule has 1 aliphatic heterocycles. The Kier molecular flexibility index (Phi) is 7.06. The minimum Gasteiger partial charge on any atom is -0.493 e. The molecule has 34 heavy (non-hydrogen) atoms. The van der Waals surface area contributed by atoms with Gasteiger partial charge in [0.1, 0.15) is 11.8 Å². The van der Waals surface area contributed by atoms with Crippen LogP contribution in [0.5, 0.6) is 11.5 Å². The Labute approximate surface area is 198 Å². The Morgan fingerprint density at radius 2 is 1.82 bits per heavy atom. The summed E-state index contributed by atoms with van der Waals surface area (Å²) in [6.45, 7) is 2.42. The number of carbonyl (C=O) groups is 2. The molecule has 8 heteroatoms. The van der Waals surface area contributed by atoms with Gasteiger partial charge in [0.25, 0.3) is 0 Å². The highest BCUT2D eigenvalue weighted by Gasteiger charge is 2.34. The molecule has 3 amide bonds. The molecule has 0 saturated carbocycles. The number of hydrogen-bond donors (Lipinski definition) is 2. The van der Waals surface area contributed by atoms with E-state index in [0.717, 1.165) is 16.7 Å². The standard InChI is InChI=1S/C26H29N3O5/c1-17(25(30)27-16-20-10-7-13-34-20)28-26(31)29-12-11-19-14-22(32-2)23(33-3)15-21(19)24(29)18-8-5-4-6-9-18/h4-10,13-15,17,24H,11-12,16H2,1-3H3,(H,27,30)(H,28,31)/t17-,24?/m0/s1. The van der Waals surface area contributed by atoms with Crippen LogP contribution in [0.15, 0.2) is 65.3 Å². The van der Waals surface area contributed by atoms with E-state index in [1.807, 2.05) is 42.5 Å². The van der Waals surface area contributed by atoms with Crippen LogP contribution >= 0.6 is 0 Å². The molecule has 0 radical (unpaired) electrons. The number of methoxy groups -OCH3 is 2. The molecule has 2 aromatic carbocycles. The zero-order chi connectivity index (χ0) is 24.1. The zero-order valence-corrected chi connectivity index (χ0v) is 19.5. The lowest BCUT2D eigenvalue weighted by atomic mass is 9.88. The third kappa shape index (κ3) is 4.85. The summed E-state index contributed by atoms with van der Waals surface area (Å²) in [4.78, 5) is 27.7. The zero-order valence-electron chi connectivity index (χ0n) is 19.5. The van der Waals surface area contributed by atoms with Crippen LogP contribution in [-0.2, 0) is 17.8 Å². The van der Waals surface area contributed by atoms with Crippen LogP contribution in [0.1, 0.15) is 35.4 Å². The van der Waals surface area contributed by atoms with Crippen molar-refractivity contribution in [2.24, 2.45) is 0 Å². The van der Waals surface area contributed by atoms with E-state index >= 15 is 0 Å². The number of nitrogens with zero attached hydrogens (tertiary/aromatic N) is 1. The molecule has 1 unspecified atom stereocenters. The molecule has 0 spiro atoms. The van der Waals surface area contributed by atoms with Crippen molar-refractivity contribution < 1.29 is 23.5 Å². The number of fused-ring (bicyclic) bond motifs is 1. The van der Waals surface area contributed by atoms with E-state index in [1.54, 1.807) is 44.4 Å². The second-order valence-electron chi connectivity index (χ2n) is 8.13. The number of amides is 3. The second kappa shape index (κ2) is 10.3. The SMILES string of the molecule is COc1cc2c(cc1OC)C(c1ccccc1)N(C(=O)N[C@@H](C)C(=O)NCc1ccco1)CC2. The van der Waals surface area contributed by atoms with Crippen LogP contribution in [0, 0.1) is 0 Å². The maximum absolute atomic E-state index is 13.4. The van der Waals surface area contributed by atoms with E-state index in [-0.39, 0.29) is 24.5 Å². The molecule has 0 aliphatic carbocycles. The molecule has 0 saturated heterocycles. The maximum atomic E-state index is 13.4. The van der Waals surface area contributed by atoms with Crippen LogP contribution < -0.4 is 20.1 Å². The van der Waals surface area contributed by atoms with Gasteiger partial charge in [-0.15, -0.1) is 0 Å². The molecule has 2 atom stereocenters. The molecular weight excluding hydrogens is 434 g/mol. The van der Waals surface area contributed by atoms with Crippen molar-refractivity contribution in [3.63, 3.8) is 0 Å². The van der Waals surface area contributed by atoms with E-state index in [2.05, 4.69) is 10.6 Å². The fraction of sp³-hybridized carbons (Fsp3) is 0.308. The van der Waals surface area contributed by atoms with Gasteiger partial charge in [0, 0.05) is 6.54 Å². The molecule has 4 rings (SSSR count). The van der Waals surface area contributed by atoms with Crippen molar-refractivity contribution in [3.05, 3.63) is 83.3 Å². The molecule has 1 aromatic heterocycles. The summed E-state index contributed by atoms with van der Waals surface area (Å²) < 4.78 is 16.3. The van der Waals surface area contributed by atoms with Crippen LogP contribution in [0.2, 0.25) is 0 Å². The molecule has 8 nitrogen and oxygen atoms in total. The van der Waals surface area contributed by atoms with Crippen LogP contribution in [0.25, 0.3) is 0 Å². The Bertz CT molecular complexity index is 1130. The van der Waals surface area contributed by atoms with Crippen molar-refractivity contribution in [3.8, 4) is 11.5 Å². The van der Waals surface area contributed by atoms with Crippen molar-refractivity contribution in [1.82, 2.24) is 15.5 Å². The predicted octanol–water partition coefficient (Wildman–Crippen LogP) is 3.66. The van der Waals surface area contributed by atoms with Gasteiger partial charge in [-0.2, -0.15) is 0 Å². The Balaban J connectivity index is 1.56. The van der Waals surface area contributed by atoms with Gasteiger partial charge in [-0.25, -0.2) is 4.79 Å².